The molecule has 0 unspecified atom stereocenters. The molecule has 1 nitrogen and oxygen atoms in total. The van der Waals surface area contributed by atoms with E-state index < -0.39 is 0 Å². The number of nitrogens with one attached hydrogen (secondary N) is 1. The lowest BCUT2D eigenvalue weighted by Gasteiger charge is -2.10. The Hall–Kier alpha value is 0.0800. The van der Waals surface area contributed by atoms with Crippen molar-refractivity contribution < 1.29 is 0 Å². The minimum absolute atomic E-state index is 0.665. The fourth-order valence-corrected chi connectivity index (χ4v) is 3.00. The maximum atomic E-state index is 6.12. The molecule has 4 heteroatoms. The quantitative estimate of drug-likeness (QED) is 0.589. The second kappa shape index (κ2) is 8.23. The van der Waals surface area contributed by atoms with Crippen LogP contribution in [0.25, 0.3) is 0 Å². The molecule has 0 saturated heterocycles. The van der Waals surface area contributed by atoms with Crippen LogP contribution in [0, 0.1) is 0 Å². The van der Waals surface area contributed by atoms with Gasteiger partial charge < -0.3 is 5.32 Å². The van der Waals surface area contributed by atoms with Crippen molar-refractivity contribution in [2.24, 2.45) is 0 Å². The van der Waals surface area contributed by atoms with E-state index in [0.29, 0.717) is 10.0 Å². The van der Waals surface area contributed by atoms with Gasteiger partial charge in [-0.3, -0.25) is 0 Å². The van der Waals surface area contributed by atoms with Crippen LogP contribution in [0.4, 0.5) is 5.69 Å². The molecule has 1 aromatic rings. The van der Waals surface area contributed by atoms with Gasteiger partial charge in [-0.1, -0.05) is 71.7 Å². The van der Waals surface area contributed by atoms with Gasteiger partial charge in [-0.2, -0.15) is 0 Å². The maximum absolute atomic E-state index is 6.12. The average molecular weight is 339 g/mol. The van der Waals surface area contributed by atoms with E-state index >= 15 is 0 Å². The largest absolute Gasteiger partial charge is 0.383 e. The van der Waals surface area contributed by atoms with Crippen LogP contribution in [0.2, 0.25) is 10.0 Å². The summed E-state index contributed by atoms with van der Waals surface area (Å²) in [6.07, 6.45) is 6.31. The van der Waals surface area contributed by atoms with Crippen molar-refractivity contribution in [2.75, 3.05) is 11.9 Å². The van der Waals surface area contributed by atoms with E-state index in [2.05, 4.69) is 28.2 Å². The van der Waals surface area contributed by atoms with E-state index in [-0.39, 0.29) is 0 Å². The predicted molar refractivity (Wildman–Crippen MR) is 81.4 cm³/mol. The van der Waals surface area contributed by atoms with Crippen LogP contribution in [0.5, 0.6) is 0 Å². The van der Waals surface area contributed by atoms with Gasteiger partial charge in [0.05, 0.1) is 15.7 Å². The Labute approximate surface area is 122 Å². The van der Waals surface area contributed by atoms with Crippen molar-refractivity contribution in [2.45, 2.75) is 39.0 Å². The number of hydrogen-bond donors (Lipinski definition) is 1. The summed E-state index contributed by atoms with van der Waals surface area (Å²) < 4.78 is 0.904. The third kappa shape index (κ3) is 5.50. The summed E-state index contributed by atoms with van der Waals surface area (Å²) in [5, 5.41) is 4.63. The van der Waals surface area contributed by atoms with Crippen LogP contribution in [-0.4, -0.2) is 6.54 Å². The van der Waals surface area contributed by atoms with Crippen LogP contribution < -0.4 is 5.32 Å². The highest BCUT2D eigenvalue weighted by Gasteiger charge is 2.06. The molecule has 0 amide bonds. The minimum Gasteiger partial charge on any atom is -0.383 e. The van der Waals surface area contributed by atoms with Gasteiger partial charge in [0.2, 0.25) is 0 Å². The van der Waals surface area contributed by atoms with Crippen molar-refractivity contribution in [1.29, 1.82) is 0 Å². The van der Waals surface area contributed by atoms with Crippen molar-refractivity contribution in [3.05, 3.63) is 26.7 Å². The first-order valence-corrected chi connectivity index (χ1v) is 7.58. The molecule has 17 heavy (non-hydrogen) atoms. The third-order valence-electron chi connectivity index (χ3n) is 2.59. The summed E-state index contributed by atoms with van der Waals surface area (Å²) in [4.78, 5) is 0. The summed E-state index contributed by atoms with van der Waals surface area (Å²) in [6, 6.07) is 3.71. The molecule has 96 valence electrons. The fraction of sp³-hybridized carbons (Fsp3) is 0.538. The smallest absolute Gasteiger partial charge is 0.0719 e. The Morgan fingerprint density at radius 1 is 1.06 bits per heavy atom. The molecular formula is C13H18BrCl2N. The average Bonchev–Trinajstić information content (AvgIpc) is 2.26. The molecule has 0 saturated carbocycles. The fourth-order valence-electron chi connectivity index (χ4n) is 1.65. The first-order valence-electron chi connectivity index (χ1n) is 6.03. The van der Waals surface area contributed by atoms with Crippen LogP contribution in [0.1, 0.15) is 39.0 Å². The first-order chi connectivity index (χ1) is 8.15. The van der Waals surface area contributed by atoms with Crippen LogP contribution in [-0.2, 0) is 0 Å². The van der Waals surface area contributed by atoms with Gasteiger partial charge in [0.25, 0.3) is 0 Å². The third-order valence-corrected chi connectivity index (χ3v) is 3.64. The molecule has 0 fully saturated rings. The van der Waals surface area contributed by atoms with E-state index in [0.717, 1.165) is 23.1 Å². The minimum atomic E-state index is 0.665. The molecule has 0 bridgehead atoms. The summed E-state index contributed by atoms with van der Waals surface area (Å²) in [5.74, 6) is 0. The van der Waals surface area contributed by atoms with Crippen LogP contribution in [0.15, 0.2) is 16.6 Å². The lowest BCUT2D eigenvalue weighted by molar-refractivity contribution is 0.645. The highest BCUT2D eigenvalue weighted by Crippen LogP contribution is 2.33. The molecule has 0 aromatic heterocycles. The molecule has 0 atom stereocenters. The van der Waals surface area contributed by atoms with Crippen molar-refractivity contribution in [1.82, 2.24) is 0 Å². The molecule has 1 N–H and O–H groups in total. The predicted octanol–water partition coefficient (Wildman–Crippen LogP) is 6.14. The Morgan fingerprint density at radius 3 is 2.24 bits per heavy atom. The van der Waals surface area contributed by atoms with Gasteiger partial charge in [-0.15, -0.1) is 0 Å². The zero-order chi connectivity index (χ0) is 12.7. The topological polar surface area (TPSA) is 12.0 Å². The molecule has 0 aliphatic rings. The van der Waals surface area contributed by atoms with Gasteiger partial charge in [-0.25, -0.2) is 0 Å². The Kier molecular flexibility index (Phi) is 7.33. The number of halogens is 3. The molecule has 0 aliphatic carbocycles. The second-order valence-electron chi connectivity index (χ2n) is 4.09. The number of hydrogen-bond acceptors (Lipinski definition) is 1. The molecule has 0 heterocycles. The second-order valence-corrected chi connectivity index (χ2v) is 5.82. The van der Waals surface area contributed by atoms with Crippen LogP contribution in [0.3, 0.4) is 0 Å². The van der Waals surface area contributed by atoms with Gasteiger partial charge >= 0.3 is 0 Å². The standard InChI is InChI=1S/C13H18BrCl2N/c1-2-3-4-5-6-7-17-13-11(15)8-10(14)9-12(13)16/h8-9,17H,2-7H2,1H3. The Morgan fingerprint density at radius 2 is 1.65 bits per heavy atom. The summed E-state index contributed by atoms with van der Waals surface area (Å²) in [6.45, 7) is 3.14. The number of rotatable bonds is 7. The first kappa shape index (κ1) is 15.1. The Balaban J connectivity index is 2.36. The number of anilines is 1. The number of benzene rings is 1. The van der Waals surface area contributed by atoms with E-state index in [1.54, 1.807) is 0 Å². The summed E-state index contributed by atoms with van der Waals surface area (Å²) >= 11 is 15.6. The zero-order valence-corrected chi connectivity index (χ0v) is 13.1. The van der Waals surface area contributed by atoms with E-state index in [1.165, 1.54) is 25.7 Å². The SMILES string of the molecule is CCCCCCCNc1c(Cl)cc(Br)cc1Cl. The lowest BCUT2D eigenvalue weighted by atomic mass is 10.1. The van der Waals surface area contributed by atoms with E-state index in [1.807, 2.05) is 12.1 Å². The normalized spacial score (nSPS) is 10.6. The highest BCUT2D eigenvalue weighted by molar-refractivity contribution is 9.10. The summed E-state index contributed by atoms with van der Waals surface area (Å²) in [5.41, 5.74) is 0.840. The van der Waals surface area contributed by atoms with Gasteiger partial charge in [0, 0.05) is 11.0 Å². The van der Waals surface area contributed by atoms with Gasteiger partial charge in [-0.05, 0) is 18.6 Å². The molecule has 0 aliphatic heterocycles. The summed E-state index contributed by atoms with van der Waals surface area (Å²) in [7, 11) is 0. The van der Waals surface area contributed by atoms with Crippen molar-refractivity contribution in [3.8, 4) is 0 Å². The lowest BCUT2D eigenvalue weighted by Crippen LogP contribution is -2.02. The number of unbranched alkanes of at least 4 members (excludes halogenated alkanes) is 4. The van der Waals surface area contributed by atoms with E-state index in [9.17, 15) is 0 Å². The van der Waals surface area contributed by atoms with Gasteiger partial charge in [0.1, 0.15) is 0 Å². The van der Waals surface area contributed by atoms with Gasteiger partial charge in [0.15, 0.2) is 0 Å². The highest BCUT2D eigenvalue weighted by atomic mass is 79.9. The zero-order valence-electron chi connectivity index (χ0n) is 10.0. The Bertz CT molecular complexity index is 332. The molecule has 1 rings (SSSR count). The van der Waals surface area contributed by atoms with Crippen molar-refractivity contribution in [3.63, 3.8) is 0 Å². The monoisotopic (exact) mass is 337 g/mol. The maximum Gasteiger partial charge on any atom is 0.0719 e. The molecular weight excluding hydrogens is 321 g/mol. The van der Waals surface area contributed by atoms with Crippen molar-refractivity contribution >= 4 is 44.8 Å². The molecule has 0 radical (unpaired) electrons. The van der Waals surface area contributed by atoms with Crippen LogP contribution >= 0.6 is 39.1 Å². The van der Waals surface area contributed by atoms with E-state index in [4.69, 9.17) is 23.2 Å². The molecule has 0 spiro atoms. The molecule has 1 aromatic carbocycles.